The van der Waals surface area contributed by atoms with E-state index >= 15 is 0 Å². The van der Waals surface area contributed by atoms with Crippen molar-refractivity contribution in [3.63, 3.8) is 0 Å². The molecule has 0 saturated carbocycles. The Balaban J connectivity index is 1.84. The highest BCUT2D eigenvalue weighted by molar-refractivity contribution is 6.30. The number of halogens is 1. The Labute approximate surface area is 127 Å². The van der Waals surface area contributed by atoms with E-state index in [4.69, 9.17) is 11.6 Å². The Morgan fingerprint density at radius 1 is 1.20 bits per heavy atom. The van der Waals surface area contributed by atoms with E-state index in [2.05, 4.69) is 30.7 Å². The fourth-order valence-corrected chi connectivity index (χ4v) is 2.98. The third kappa shape index (κ3) is 3.95. The predicted molar refractivity (Wildman–Crippen MR) is 84.2 cm³/mol. The van der Waals surface area contributed by atoms with Crippen LogP contribution in [0.5, 0.6) is 0 Å². The normalized spacial score (nSPS) is 26.6. The lowest BCUT2D eigenvalue weighted by Gasteiger charge is -2.42. The molecule has 1 saturated heterocycles. The Kier molecular flexibility index (Phi) is 5.44. The third-order valence-electron chi connectivity index (χ3n) is 4.41. The van der Waals surface area contributed by atoms with Gasteiger partial charge in [0.1, 0.15) is 0 Å². The van der Waals surface area contributed by atoms with Crippen LogP contribution in [0.25, 0.3) is 0 Å². The number of hydrogen-bond donors (Lipinski definition) is 1. The minimum absolute atomic E-state index is 0.405. The van der Waals surface area contributed by atoms with Crippen LogP contribution in [0, 0.1) is 0 Å². The van der Waals surface area contributed by atoms with Gasteiger partial charge in [0.15, 0.2) is 0 Å². The second-order valence-corrected chi connectivity index (χ2v) is 6.42. The molecule has 0 bridgehead atoms. The van der Waals surface area contributed by atoms with E-state index in [0.717, 1.165) is 31.6 Å². The molecule has 0 radical (unpaired) electrons. The molecule has 3 atom stereocenters. The second-order valence-electron chi connectivity index (χ2n) is 5.98. The van der Waals surface area contributed by atoms with Gasteiger partial charge < -0.3 is 10.0 Å². The van der Waals surface area contributed by atoms with Crippen LogP contribution in [0.1, 0.15) is 31.9 Å². The molecular weight excluding hydrogens is 272 g/mol. The maximum Gasteiger partial charge on any atom is 0.0802 e. The van der Waals surface area contributed by atoms with Crippen LogP contribution in [0.4, 0.5) is 0 Å². The summed E-state index contributed by atoms with van der Waals surface area (Å²) in [4.78, 5) is 4.88. The molecule has 1 aromatic carbocycles. The minimum atomic E-state index is -0.405. The van der Waals surface area contributed by atoms with Crippen molar-refractivity contribution in [1.29, 1.82) is 0 Å². The first-order valence-electron chi connectivity index (χ1n) is 7.35. The Morgan fingerprint density at radius 3 is 2.30 bits per heavy atom. The van der Waals surface area contributed by atoms with Crippen LogP contribution in [-0.4, -0.2) is 53.7 Å². The summed E-state index contributed by atoms with van der Waals surface area (Å²) >= 11 is 5.87. The second kappa shape index (κ2) is 6.90. The van der Waals surface area contributed by atoms with E-state index < -0.39 is 6.10 Å². The fourth-order valence-electron chi connectivity index (χ4n) is 2.85. The lowest BCUT2D eigenvalue weighted by molar-refractivity contribution is 0.0485. The summed E-state index contributed by atoms with van der Waals surface area (Å²) in [5.41, 5.74) is 0.949. The zero-order valence-electron chi connectivity index (χ0n) is 12.6. The van der Waals surface area contributed by atoms with Crippen molar-refractivity contribution in [1.82, 2.24) is 9.80 Å². The molecule has 1 aliphatic rings. The van der Waals surface area contributed by atoms with E-state index in [1.54, 1.807) is 0 Å². The molecular formula is C16H25ClN2O. The van der Waals surface area contributed by atoms with Gasteiger partial charge in [-0.1, -0.05) is 23.7 Å². The molecule has 4 heteroatoms. The molecule has 0 amide bonds. The van der Waals surface area contributed by atoms with Crippen LogP contribution in [0.15, 0.2) is 24.3 Å². The fraction of sp³-hybridized carbons (Fsp3) is 0.625. The van der Waals surface area contributed by atoms with Crippen molar-refractivity contribution in [3.05, 3.63) is 34.9 Å². The van der Waals surface area contributed by atoms with E-state index in [1.165, 1.54) is 0 Å². The van der Waals surface area contributed by atoms with Crippen molar-refractivity contribution in [3.8, 4) is 0 Å². The number of hydrogen-bond acceptors (Lipinski definition) is 3. The largest absolute Gasteiger partial charge is 0.388 e. The summed E-state index contributed by atoms with van der Waals surface area (Å²) in [6, 6.07) is 8.63. The van der Waals surface area contributed by atoms with Crippen molar-refractivity contribution in [2.24, 2.45) is 0 Å². The Bertz CT molecular complexity index is 411. The molecule has 1 fully saturated rings. The molecule has 1 aromatic rings. The van der Waals surface area contributed by atoms with Gasteiger partial charge in [-0.15, -0.1) is 0 Å². The number of aliphatic hydroxyl groups excluding tert-OH is 1. The van der Waals surface area contributed by atoms with Crippen molar-refractivity contribution in [2.75, 3.05) is 26.7 Å². The van der Waals surface area contributed by atoms with Gasteiger partial charge in [-0.05, 0) is 45.0 Å². The highest BCUT2D eigenvalue weighted by atomic mass is 35.5. The molecule has 3 nitrogen and oxygen atoms in total. The highest BCUT2D eigenvalue weighted by Gasteiger charge is 2.26. The standard InChI is InChI=1S/C16H25ClN2O/c1-12-10-19(11-13(2)18(12)3)9-8-16(20)14-4-6-15(17)7-5-14/h4-7,12-13,16,20H,8-11H2,1-3H3. The molecule has 0 spiro atoms. The van der Waals surface area contributed by atoms with Crippen LogP contribution < -0.4 is 0 Å². The SMILES string of the molecule is CC1CN(CCC(O)c2ccc(Cl)cc2)CC(C)N1C. The highest BCUT2D eigenvalue weighted by Crippen LogP contribution is 2.21. The van der Waals surface area contributed by atoms with Crippen LogP contribution >= 0.6 is 11.6 Å². The molecule has 0 aromatic heterocycles. The maximum absolute atomic E-state index is 10.2. The number of likely N-dealkylation sites (N-methyl/N-ethyl adjacent to an activating group) is 1. The molecule has 0 aliphatic carbocycles. The van der Waals surface area contributed by atoms with E-state index in [1.807, 2.05) is 24.3 Å². The molecule has 1 heterocycles. The molecule has 20 heavy (non-hydrogen) atoms. The van der Waals surface area contributed by atoms with E-state index in [9.17, 15) is 5.11 Å². The average molecular weight is 297 g/mol. The summed E-state index contributed by atoms with van der Waals surface area (Å²) in [6.07, 6.45) is 0.364. The van der Waals surface area contributed by atoms with Crippen LogP contribution in [-0.2, 0) is 0 Å². The zero-order chi connectivity index (χ0) is 14.7. The van der Waals surface area contributed by atoms with Gasteiger partial charge in [-0.2, -0.15) is 0 Å². The van der Waals surface area contributed by atoms with Gasteiger partial charge in [-0.25, -0.2) is 0 Å². The third-order valence-corrected chi connectivity index (χ3v) is 4.66. The smallest absolute Gasteiger partial charge is 0.0802 e. The topological polar surface area (TPSA) is 26.7 Å². The number of rotatable bonds is 4. The summed E-state index contributed by atoms with van der Waals surface area (Å²) in [5.74, 6) is 0. The zero-order valence-corrected chi connectivity index (χ0v) is 13.3. The summed E-state index contributed by atoms with van der Waals surface area (Å²) < 4.78 is 0. The quantitative estimate of drug-likeness (QED) is 0.925. The first kappa shape index (κ1) is 15.8. The lowest BCUT2D eigenvalue weighted by atomic mass is 10.0. The number of benzene rings is 1. The maximum atomic E-state index is 10.2. The van der Waals surface area contributed by atoms with E-state index in [0.29, 0.717) is 17.1 Å². The van der Waals surface area contributed by atoms with Crippen molar-refractivity contribution in [2.45, 2.75) is 38.5 Å². The average Bonchev–Trinajstić information content (AvgIpc) is 2.42. The molecule has 1 aliphatic heterocycles. The summed E-state index contributed by atoms with van der Waals surface area (Å²) in [6.45, 7) is 7.62. The first-order chi connectivity index (χ1) is 9.47. The first-order valence-corrected chi connectivity index (χ1v) is 7.73. The van der Waals surface area contributed by atoms with Gasteiger partial charge in [0.2, 0.25) is 0 Å². The minimum Gasteiger partial charge on any atom is -0.388 e. The number of aliphatic hydroxyl groups is 1. The number of piperazine rings is 1. The number of nitrogens with zero attached hydrogens (tertiary/aromatic N) is 2. The van der Waals surface area contributed by atoms with Gasteiger partial charge >= 0.3 is 0 Å². The van der Waals surface area contributed by atoms with Crippen molar-refractivity contribution >= 4 is 11.6 Å². The Hall–Kier alpha value is -0.610. The molecule has 1 N–H and O–H groups in total. The monoisotopic (exact) mass is 296 g/mol. The van der Waals surface area contributed by atoms with Crippen LogP contribution in [0.3, 0.4) is 0 Å². The summed E-state index contributed by atoms with van der Waals surface area (Å²) in [7, 11) is 2.19. The molecule has 2 rings (SSSR count). The van der Waals surface area contributed by atoms with Gasteiger partial charge in [-0.3, -0.25) is 4.90 Å². The predicted octanol–water partition coefficient (Wildman–Crippen LogP) is 2.79. The van der Waals surface area contributed by atoms with Crippen molar-refractivity contribution < 1.29 is 5.11 Å². The summed E-state index contributed by atoms with van der Waals surface area (Å²) in [5, 5.41) is 11.0. The molecule has 112 valence electrons. The van der Waals surface area contributed by atoms with Gasteiger partial charge in [0, 0.05) is 36.7 Å². The van der Waals surface area contributed by atoms with Gasteiger partial charge in [0.25, 0.3) is 0 Å². The molecule has 3 unspecified atom stereocenters. The lowest BCUT2D eigenvalue weighted by Crippen LogP contribution is -2.55. The Morgan fingerprint density at radius 2 is 1.75 bits per heavy atom. The van der Waals surface area contributed by atoms with Gasteiger partial charge in [0.05, 0.1) is 6.10 Å². The van der Waals surface area contributed by atoms with Crippen LogP contribution in [0.2, 0.25) is 5.02 Å². The van der Waals surface area contributed by atoms with E-state index in [-0.39, 0.29) is 0 Å².